The number of halogens is 5. The van der Waals surface area contributed by atoms with Crippen LogP contribution in [0.1, 0.15) is 0 Å². The van der Waals surface area contributed by atoms with Crippen molar-refractivity contribution < 1.29 is 23.1 Å². The first kappa shape index (κ1) is 16.7. The van der Waals surface area contributed by atoms with Crippen LogP contribution in [0.2, 0.25) is 0 Å². The summed E-state index contributed by atoms with van der Waals surface area (Å²) in [4.78, 5) is 13.1. The fourth-order valence-corrected chi connectivity index (χ4v) is 3.58. The summed E-state index contributed by atoms with van der Waals surface area (Å²) in [7, 11) is 0. The lowest BCUT2D eigenvalue weighted by atomic mass is 10.0. The number of hydrogen-bond donors (Lipinski definition) is 2. The number of carbonyl (C=O) groups is 1. The average Bonchev–Trinajstić information content (AvgIpc) is 2.36. The van der Waals surface area contributed by atoms with E-state index in [1.807, 2.05) is 0 Å². The van der Waals surface area contributed by atoms with Gasteiger partial charge in [-0.3, -0.25) is 4.90 Å². The summed E-state index contributed by atoms with van der Waals surface area (Å²) in [6.07, 6.45) is -3.26. The number of carboxylic acid groups (broad SMARTS) is 1. The highest BCUT2D eigenvalue weighted by molar-refractivity contribution is 14.1. The van der Waals surface area contributed by atoms with E-state index >= 15 is 0 Å². The van der Waals surface area contributed by atoms with Crippen LogP contribution in [0.5, 0.6) is 0 Å². The first-order valence-corrected chi connectivity index (χ1v) is 7.45. The molecule has 1 atom stereocenters. The zero-order valence-corrected chi connectivity index (χ0v) is 13.5. The van der Waals surface area contributed by atoms with Gasteiger partial charge in [0.25, 0.3) is 0 Å². The van der Waals surface area contributed by atoms with E-state index in [4.69, 9.17) is 16.7 Å². The predicted octanol–water partition coefficient (Wildman–Crippen LogP) is 2.54. The average molecular weight is 438 g/mol. The molecule has 0 aliphatic carbocycles. The number of alkyl halides is 3. The third-order valence-electron chi connectivity index (χ3n) is 3.40. The number of hydrogen-bond acceptors (Lipinski definition) is 3. The van der Waals surface area contributed by atoms with Crippen molar-refractivity contribution in [2.24, 2.45) is 0 Å². The van der Waals surface area contributed by atoms with Crippen LogP contribution in [0, 0.1) is 0 Å². The second-order valence-corrected chi connectivity index (χ2v) is 6.32. The molecule has 0 bridgehead atoms. The molecule has 2 N–H and O–H groups in total. The lowest BCUT2D eigenvalue weighted by molar-refractivity contribution is -0.226. The molecule has 118 valence electrons. The molecule has 2 heterocycles. The van der Waals surface area contributed by atoms with E-state index in [0.717, 1.165) is 11.0 Å². The second-order valence-electron chi connectivity index (χ2n) is 4.67. The molecule has 0 aromatic rings. The molecule has 10 heteroatoms. The van der Waals surface area contributed by atoms with Gasteiger partial charge in [0, 0.05) is 29.8 Å². The monoisotopic (exact) mass is 437 g/mol. The molecule has 2 aliphatic rings. The van der Waals surface area contributed by atoms with Crippen LogP contribution in [0.15, 0.2) is 20.9 Å². The third-order valence-corrected chi connectivity index (χ3v) is 4.23. The number of nitrogens with zero attached hydrogens (tertiary/aromatic N) is 2. The molecule has 2 aliphatic heterocycles. The van der Waals surface area contributed by atoms with Crippen molar-refractivity contribution in [3.63, 3.8) is 0 Å². The van der Waals surface area contributed by atoms with Crippen LogP contribution in [0.4, 0.5) is 18.0 Å². The van der Waals surface area contributed by atoms with Gasteiger partial charge in [-0.1, -0.05) is 11.6 Å². The van der Waals surface area contributed by atoms with E-state index in [0.29, 0.717) is 3.58 Å². The lowest BCUT2D eigenvalue weighted by Crippen LogP contribution is -2.69. The maximum absolute atomic E-state index is 13.6. The Morgan fingerprint density at radius 1 is 1.38 bits per heavy atom. The van der Waals surface area contributed by atoms with E-state index < -0.39 is 17.9 Å². The van der Waals surface area contributed by atoms with Gasteiger partial charge in [0.15, 0.2) is 0 Å². The van der Waals surface area contributed by atoms with Crippen LogP contribution in [-0.4, -0.2) is 59.0 Å². The summed E-state index contributed by atoms with van der Waals surface area (Å²) >= 11 is 7.55. The van der Waals surface area contributed by atoms with Crippen molar-refractivity contribution >= 4 is 40.3 Å². The van der Waals surface area contributed by atoms with Crippen molar-refractivity contribution in [2.75, 3.05) is 26.2 Å². The minimum absolute atomic E-state index is 0.0145. The van der Waals surface area contributed by atoms with E-state index in [-0.39, 0.29) is 31.3 Å². The molecule has 0 saturated carbocycles. The maximum atomic E-state index is 13.6. The van der Waals surface area contributed by atoms with Gasteiger partial charge in [-0.15, -0.1) is 0 Å². The second kappa shape index (κ2) is 5.84. The van der Waals surface area contributed by atoms with Crippen molar-refractivity contribution in [1.82, 2.24) is 15.1 Å². The molecule has 1 amide bonds. The highest BCUT2D eigenvalue weighted by Crippen LogP contribution is 2.40. The minimum Gasteiger partial charge on any atom is -0.465 e. The highest BCUT2D eigenvalue weighted by Gasteiger charge is 2.59. The Kier molecular flexibility index (Phi) is 4.64. The Bertz CT molecular complexity index is 503. The lowest BCUT2D eigenvalue weighted by Gasteiger charge is -2.47. The molecule has 1 saturated heterocycles. The number of rotatable bonds is 1. The number of allylic oxidation sites excluding steroid dienone is 2. The Balaban J connectivity index is 2.28. The van der Waals surface area contributed by atoms with Crippen molar-refractivity contribution in [3.8, 4) is 0 Å². The summed E-state index contributed by atoms with van der Waals surface area (Å²) < 4.78 is 41.2. The zero-order valence-electron chi connectivity index (χ0n) is 10.6. The van der Waals surface area contributed by atoms with Crippen molar-refractivity contribution in [2.45, 2.75) is 11.8 Å². The molecule has 0 radical (unpaired) electrons. The Labute approximate surface area is 137 Å². The Hall–Kier alpha value is -0.680. The zero-order chi connectivity index (χ0) is 15.8. The van der Waals surface area contributed by atoms with E-state index in [1.165, 1.54) is 11.0 Å². The van der Waals surface area contributed by atoms with Gasteiger partial charge in [-0.25, -0.2) is 4.79 Å². The van der Waals surface area contributed by atoms with Crippen molar-refractivity contribution in [1.29, 1.82) is 0 Å². The first-order valence-electron chi connectivity index (χ1n) is 5.99. The van der Waals surface area contributed by atoms with Crippen LogP contribution in [-0.2, 0) is 0 Å². The topological polar surface area (TPSA) is 55.8 Å². The summed E-state index contributed by atoms with van der Waals surface area (Å²) in [6.45, 7) is -0.0476. The van der Waals surface area contributed by atoms with Crippen LogP contribution >= 0.6 is 34.2 Å². The SMILES string of the molecule is O=C(O)N1CCN(C2(C(F)(F)F)C=C(I)C=C(Cl)N2)CC1. The standard InChI is InChI=1S/C11H12ClF3IN3O2/c12-8-5-7(16)6-10(17-8,11(13,14)15)19-3-1-18(2-4-19)9(20)21/h5-6,17H,1-4H2,(H,20,21). The number of nitrogens with one attached hydrogen (secondary N) is 1. The maximum Gasteiger partial charge on any atom is 0.429 e. The quantitative estimate of drug-likeness (QED) is 0.489. The molecule has 0 spiro atoms. The number of amides is 1. The summed E-state index contributed by atoms with van der Waals surface area (Å²) in [5.41, 5.74) is -2.40. The fraction of sp³-hybridized carbons (Fsp3) is 0.545. The van der Waals surface area contributed by atoms with E-state index in [9.17, 15) is 18.0 Å². The molecule has 2 rings (SSSR count). The molecule has 1 fully saturated rings. The predicted molar refractivity (Wildman–Crippen MR) is 79.1 cm³/mol. The largest absolute Gasteiger partial charge is 0.465 e. The molecule has 0 aromatic heterocycles. The number of dihydropyridines is 1. The summed E-state index contributed by atoms with van der Waals surface area (Å²) in [5, 5.41) is 11.1. The van der Waals surface area contributed by atoms with E-state index in [1.54, 1.807) is 22.6 Å². The summed E-state index contributed by atoms with van der Waals surface area (Å²) in [6, 6.07) is 0. The molecule has 21 heavy (non-hydrogen) atoms. The Morgan fingerprint density at radius 3 is 2.38 bits per heavy atom. The smallest absolute Gasteiger partial charge is 0.429 e. The van der Waals surface area contributed by atoms with Crippen molar-refractivity contribution in [3.05, 3.63) is 20.9 Å². The minimum atomic E-state index is -4.59. The van der Waals surface area contributed by atoms with Gasteiger partial charge in [0.05, 0.1) is 0 Å². The van der Waals surface area contributed by atoms with Gasteiger partial charge < -0.3 is 15.3 Å². The normalized spacial score (nSPS) is 27.8. The molecular formula is C11H12ClF3IN3O2. The van der Waals surface area contributed by atoms with Gasteiger partial charge in [-0.2, -0.15) is 13.2 Å². The highest BCUT2D eigenvalue weighted by atomic mass is 127. The van der Waals surface area contributed by atoms with Crippen LogP contribution in [0.25, 0.3) is 0 Å². The fourth-order valence-electron chi connectivity index (χ4n) is 2.37. The Morgan fingerprint density at radius 2 is 1.95 bits per heavy atom. The van der Waals surface area contributed by atoms with Gasteiger partial charge in [0.2, 0.25) is 5.66 Å². The number of piperazine rings is 1. The first-order chi connectivity index (χ1) is 9.65. The van der Waals surface area contributed by atoms with Gasteiger partial charge >= 0.3 is 12.3 Å². The third kappa shape index (κ3) is 3.24. The molecule has 0 aromatic carbocycles. The van der Waals surface area contributed by atoms with Crippen LogP contribution < -0.4 is 5.32 Å². The summed E-state index contributed by atoms with van der Waals surface area (Å²) in [5.74, 6) is 0. The van der Waals surface area contributed by atoms with Gasteiger partial charge in [0.1, 0.15) is 5.16 Å². The molecular weight excluding hydrogens is 425 g/mol. The molecule has 5 nitrogen and oxygen atoms in total. The van der Waals surface area contributed by atoms with Crippen LogP contribution in [0.3, 0.4) is 0 Å². The van der Waals surface area contributed by atoms with E-state index in [2.05, 4.69) is 5.32 Å². The molecule has 1 unspecified atom stereocenters. The van der Waals surface area contributed by atoms with Gasteiger partial charge in [-0.05, 0) is 34.7 Å².